The van der Waals surface area contributed by atoms with Crippen LogP contribution in [0, 0.1) is 11.8 Å². The van der Waals surface area contributed by atoms with E-state index in [1.165, 1.54) is 4.90 Å². The summed E-state index contributed by atoms with van der Waals surface area (Å²) >= 11 is 0. The first-order chi connectivity index (χ1) is 14.7. The Balaban J connectivity index is 1.83. The topological polar surface area (TPSA) is 104 Å². The van der Waals surface area contributed by atoms with Crippen molar-refractivity contribution in [2.45, 2.75) is 58.4 Å². The summed E-state index contributed by atoms with van der Waals surface area (Å²) in [4.78, 5) is 33.6. The van der Waals surface area contributed by atoms with Gasteiger partial charge in [0.1, 0.15) is 5.82 Å². The first-order valence-electron chi connectivity index (χ1n) is 11.5. The summed E-state index contributed by atoms with van der Waals surface area (Å²) < 4.78 is 0. The molecule has 3 rings (SSSR count). The molecular weight excluding hydrogens is 392 g/mol. The summed E-state index contributed by atoms with van der Waals surface area (Å²) in [6.07, 6.45) is 6.44. The largest absolute Gasteiger partial charge is 0.396 e. The van der Waals surface area contributed by atoms with Crippen LogP contribution in [0.2, 0.25) is 0 Å². The van der Waals surface area contributed by atoms with Gasteiger partial charge in [0.2, 0.25) is 5.91 Å². The number of amides is 2. The van der Waals surface area contributed by atoms with Crippen LogP contribution in [0.5, 0.6) is 0 Å². The molecular formula is C23H38N6O2. The smallest absolute Gasteiger partial charge is 0.255 e. The molecule has 1 aliphatic carbocycles. The third kappa shape index (κ3) is 6.02. The van der Waals surface area contributed by atoms with Gasteiger partial charge in [-0.1, -0.05) is 13.8 Å². The number of nitrogens with zero attached hydrogens (tertiary/aromatic N) is 3. The van der Waals surface area contributed by atoms with Crippen LogP contribution < -0.4 is 21.3 Å². The molecule has 1 saturated carbocycles. The molecule has 4 N–H and O–H groups in total. The Bertz CT molecular complexity index is 781. The number of nitrogen functional groups attached to an aromatic ring is 1. The highest BCUT2D eigenvalue weighted by Gasteiger charge is 2.27. The van der Waals surface area contributed by atoms with Crippen LogP contribution in [-0.4, -0.2) is 61.5 Å². The van der Waals surface area contributed by atoms with Crippen molar-refractivity contribution >= 4 is 29.1 Å². The van der Waals surface area contributed by atoms with Gasteiger partial charge in [-0.05, 0) is 56.4 Å². The fraction of sp³-hybridized carbons (Fsp3) is 0.696. The van der Waals surface area contributed by atoms with Crippen molar-refractivity contribution in [3.63, 3.8) is 0 Å². The fourth-order valence-corrected chi connectivity index (χ4v) is 4.27. The molecule has 0 spiro atoms. The van der Waals surface area contributed by atoms with E-state index in [2.05, 4.69) is 29.4 Å². The highest BCUT2D eigenvalue weighted by atomic mass is 16.2. The Morgan fingerprint density at radius 2 is 1.71 bits per heavy atom. The summed E-state index contributed by atoms with van der Waals surface area (Å²) in [7, 11) is 3.42. The van der Waals surface area contributed by atoms with E-state index in [1.807, 2.05) is 0 Å². The van der Waals surface area contributed by atoms with Crippen molar-refractivity contribution in [3.8, 4) is 0 Å². The monoisotopic (exact) mass is 430 g/mol. The first kappa shape index (κ1) is 23.2. The second kappa shape index (κ2) is 10.2. The first-order valence-corrected chi connectivity index (χ1v) is 11.5. The van der Waals surface area contributed by atoms with Crippen LogP contribution in [0.25, 0.3) is 0 Å². The molecule has 0 bridgehead atoms. The molecule has 2 heterocycles. The lowest BCUT2D eigenvalue weighted by atomic mass is 9.87. The van der Waals surface area contributed by atoms with Crippen molar-refractivity contribution < 1.29 is 9.59 Å². The molecule has 0 radical (unpaired) electrons. The molecule has 0 unspecified atom stereocenters. The molecule has 2 amide bonds. The number of nitrogens with one attached hydrogen (secondary N) is 2. The van der Waals surface area contributed by atoms with Crippen LogP contribution in [0.1, 0.15) is 62.7 Å². The zero-order chi connectivity index (χ0) is 22.5. The lowest BCUT2D eigenvalue weighted by molar-refractivity contribution is -0.126. The Morgan fingerprint density at radius 1 is 1.10 bits per heavy atom. The lowest BCUT2D eigenvalue weighted by Crippen LogP contribution is -2.40. The number of hydrogen-bond acceptors (Lipinski definition) is 6. The SMILES string of the molecule is CC1CCN(c2nc(NCC(=O)N(C)C)c(N)cc2C(=O)N[C@H]2CC[C@H](C)CC2)CC1. The molecule has 2 aliphatic rings. The fourth-order valence-electron chi connectivity index (χ4n) is 4.27. The normalized spacial score (nSPS) is 22.1. The van der Waals surface area contributed by atoms with Crippen LogP contribution in [-0.2, 0) is 4.79 Å². The molecule has 8 heteroatoms. The summed E-state index contributed by atoms with van der Waals surface area (Å²) in [5, 5.41) is 6.26. The van der Waals surface area contributed by atoms with Gasteiger partial charge < -0.3 is 26.2 Å². The predicted molar refractivity (Wildman–Crippen MR) is 125 cm³/mol. The molecule has 31 heavy (non-hydrogen) atoms. The third-order valence-corrected chi connectivity index (χ3v) is 6.62. The van der Waals surface area contributed by atoms with Crippen LogP contribution in [0.15, 0.2) is 6.07 Å². The number of pyridine rings is 1. The van der Waals surface area contributed by atoms with Gasteiger partial charge in [-0.25, -0.2) is 4.98 Å². The molecule has 8 nitrogen and oxygen atoms in total. The Labute approximate surface area is 185 Å². The third-order valence-electron chi connectivity index (χ3n) is 6.62. The number of rotatable bonds is 6. The van der Waals surface area contributed by atoms with E-state index >= 15 is 0 Å². The van der Waals surface area contributed by atoms with Gasteiger partial charge in [0.05, 0.1) is 17.8 Å². The average Bonchev–Trinajstić information content (AvgIpc) is 2.74. The van der Waals surface area contributed by atoms with E-state index in [-0.39, 0.29) is 24.4 Å². The van der Waals surface area contributed by atoms with Gasteiger partial charge in [0.15, 0.2) is 5.82 Å². The maximum atomic E-state index is 13.2. The summed E-state index contributed by atoms with van der Waals surface area (Å²) in [6.45, 7) is 6.34. The number of piperidine rings is 1. The quantitative estimate of drug-likeness (QED) is 0.641. The molecule has 2 fully saturated rings. The van der Waals surface area contributed by atoms with Gasteiger partial charge in [-0.15, -0.1) is 0 Å². The highest BCUT2D eigenvalue weighted by molar-refractivity contribution is 6.01. The highest BCUT2D eigenvalue weighted by Crippen LogP contribution is 2.30. The van der Waals surface area contributed by atoms with Crippen LogP contribution in [0.4, 0.5) is 17.3 Å². The molecule has 172 valence electrons. The summed E-state index contributed by atoms with van der Waals surface area (Å²) in [5.74, 6) is 2.33. The lowest BCUT2D eigenvalue weighted by Gasteiger charge is -2.33. The maximum absolute atomic E-state index is 13.2. The second-order valence-corrected chi connectivity index (χ2v) is 9.54. The molecule has 1 aromatic rings. The van der Waals surface area contributed by atoms with Gasteiger partial charge >= 0.3 is 0 Å². The molecule has 1 saturated heterocycles. The second-order valence-electron chi connectivity index (χ2n) is 9.54. The Hall–Kier alpha value is -2.51. The van der Waals surface area contributed by atoms with Crippen molar-refractivity contribution in [3.05, 3.63) is 11.6 Å². The summed E-state index contributed by atoms with van der Waals surface area (Å²) in [5.41, 5.74) is 7.15. The zero-order valence-corrected chi connectivity index (χ0v) is 19.4. The minimum absolute atomic E-state index is 0.0668. The van der Waals surface area contributed by atoms with Crippen molar-refractivity contribution in [1.29, 1.82) is 0 Å². The minimum Gasteiger partial charge on any atom is -0.396 e. The van der Waals surface area contributed by atoms with Crippen molar-refractivity contribution in [2.24, 2.45) is 11.8 Å². The number of likely N-dealkylation sites (N-methyl/N-ethyl adjacent to an activating group) is 1. The van der Waals surface area contributed by atoms with Gasteiger partial charge in [0.25, 0.3) is 5.91 Å². The number of hydrogen-bond donors (Lipinski definition) is 3. The number of anilines is 3. The number of nitrogens with two attached hydrogens (primary N) is 1. The van der Waals surface area contributed by atoms with E-state index in [0.29, 0.717) is 28.8 Å². The summed E-state index contributed by atoms with van der Waals surface area (Å²) in [6, 6.07) is 1.92. The number of carbonyl (C=O) groups excluding carboxylic acids is 2. The average molecular weight is 431 g/mol. The minimum atomic E-state index is -0.108. The standard InChI is InChI=1S/C23H38N6O2/c1-15-5-7-17(8-6-15)26-23(31)18-13-19(24)21(25-14-20(30)28(3)4)27-22(18)29-11-9-16(2)10-12-29/h13,15-17H,5-12,14,24H2,1-4H3,(H,25,27)(H,26,31)/t15-,17-. The molecule has 0 atom stereocenters. The van der Waals surface area contributed by atoms with E-state index < -0.39 is 0 Å². The zero-order valence-electron chi connectivity index (χ0n) is 19.4. The Kier molecular flexibility index (Phi) is 7.62. The van der Waals surface area contributed by atoms with Crippen LogP contribution >= 0.6 is 0 Å². The van der Waals surface area contributed by atoms with Gasteiger partial charge in [-0.2, -0.15) is 0 Å². The van der Waals surface area contributed by atoms with E-state index in [4.69, 9.17) is 10.7 Å². The Morgan fingerprint density at radius 3 is 2.32 bits per heavy atom. The molecule has 1 aromatic heterocycles. The number of carbonyl (C=O) groups is 2. The maximum Gasteiger partial charge on any atom is 0.255 e. The van der Waals surface area contributed by atoms with Crippen molar-refractivity contribution in [2.75, 3.05) is 49.7 Å². The van der Waals surface area contributed by atoms with Crippen LogP contribution in [0.3, 0.4) is 0 Å². The van der Waals surface area contributed by atoms with E-state index in [0.717, 1.165) is 57.5 Å². The van der Waals surface area contributed by atoms with Gasteiger partial charge in [-0.3, -0.25) is 9.59 Å². The number of aromatic nitrogens is 1. The predicted octanol–water partition coefficient (Wildman–Crippen LogP) is 2.71. The van der Waals surface area contributed by atoms with E-state index in [1.54, 1.807) is 20.2 Å². The van der Waals surface area contributed by atoms with E-state index in [9.17, 15) is 9.59 Å². The molecule has 0 aromatic carbocycles. The van der Waals surface area contributed by atoms with Crippen molar-refractivity contribution in [1.82, 2.24) is 15.2 Å². The van der Waals surface area contributed by atoms with Gasteiger partial charge in [0, 0.05) is 33.2 Å². The molecule has 1 aliphatic heterocycles.